The van der Waals surface area contributed by atoms with E-state index in [1.165, 1.54) is 0 Å². The van der Waals surface area contributed by atoms with Gasteiger partial charge in [-0.25, -0.2) is 0 Å². The second-order valence-electron chi connectivity index (χ2n) is 0.997. The summed E-state index contributed by atoms with van der Waals surface area (Å²) >= 11 is 0. The molecule has 0 radical (unpaired) electrons. The van der Waals surface area contributed by atoms with Crippen LogP contribution in [0, 0.1) is 0 Å². The van der Waals surface area contributed by atoms with Crippen molar-refractivity contribution >= 4 is 15.6 Å². The van der Waals surface area contributed by atoms with E-state index < -0.39 is 15.6 Å². The van der Waals surface area contributed by atoms with Crippen LogP contribution in [0.5, 0.6) is 0 Å². The Morgan fingerprint density at radius 2 is 1.12 bits per heavy atom. The zero-order valence-electron chi connectivity index (χ0n) is 7.90. The molecule has 0 aliphatic carbocycles. The van der Waals surface area contributed by atoms with Crippen LogP contribution in [0.1, 0.15) is 0 Å². The van der Waals surface area contributed by atoms with Gasteiger partial charge in [0.15, 0.2) is 0 Å². The van der Waals surface area contributed by atoms with E-state index in [-0.39, 0.29) is 52.2 Å². The minimum Gasteiger partial charge on any atom is -0.790 e. The van der Waals surface area contributed by atoms with Crippen LogP contribution < -0.4 is 33.1 Å². The molecule has 0 heterocycles. The van der Waals surface area contributed by atoms with Crippen molar-refractivity contribution in [2.24, 2.45) is 0 Å². The van der Waals surface area contributed by atoms with Gasteiger partial charge < -0.3 is 59.0 Å². The maximum atomic E-state index is 9.44. The molecule has 104 valence electrons. The van der Waals surface area contributed by atoms with Crippen molar-refractivity contribution in [3.05, 3.63) is 0 Å². The standard InChI is InChI=1S/Cr.3H3N.H4O7P2.3H2O/c;;;;1-8(2,3)7-9(4,5)6;;;/h;3*1H3;(H2,1,2,3)(H2,4,5,6);3*1H2/q+6;;;;;;;/p-2. The molecule has 0 aromatic rings. The Hall–Kier alpha value is 0.552. The molecule has 0 rings (SSSR count). The van der Waals surface area contributed by atoms with Crippen LogP contribution in [-0.4, -0.2) is 15.8 Å². The SMILES string of the molecule is N.N.N.O.O.O=P([O-])([O-])OP(=O)([O-])O.[Cr+6].[OH3+]. The summed E-state index contributed by atoms with van der Waals surface area (Å²) in [5, 5.41) is 0. The van der Waals surface area contributed by atoms with Gasteiger partial charge in [0, 0.05) is 0 Å². The predicted molar refractivity (Wildman–Crippen MR) is 45.7 cm³/mol. The maximum absolute atomic E-state index is 9.44. The Kier molecular flexibility index (Phi) is 61.3. The van der Waals surface area contributed by atoms with Gasteiger partial charge in [-0.1, -0.05) is 0 Å². The quantitative estimate of drug-likeness (QED) is 0.275. The van der Waals surface area contributed by atoms with Gasteiger partial charge in [-0.2, -0.15) is 0 Å². The summed E-state index contributed by atoms with van der Waals surface area (Å²) in [7, 11) is -11.0. The van der Waals surface area contributed by atoms with Gasteiger partial charge in [-0.3, -0.25) is 8.88 Å². The molecule has 0 bridgehead atoms. The monoisotopic (exact) mass is 333 g/mol. The molecule has 0 amide bonds. The molecule has 0 aromatic carbocycles. The van der Waals surface area contributed by atoms with E-state index in [1.54, 1.807) is 0 Å². The summed E-state index contributed by atoms with van der Waals surface area (Å²) < 4.78 is 21.4. The third-order valence-corrected chi connectivity index (χ3v) is 1.83. The van der Waals surface area contributed by atoms with E-state index in [0.29, 0.717) is 0 Å². The third-order valence-electron chi connectivity index (χ3n) is 0.203. The van der Waals surface area contributed by atoms with E-state index in [2.05, 4.69) is 4.31 Å². The topological polar surface area (TPSA) is 334 Å². The molecule has 1 atom stereocenters. The van der Waals surface area contributed by atoms with Crippen LogP contribution in [0.4, 0.5) is 0 Å². The van der Waals surface area contributed by atoms with Crippen LogP contribution in [0.15, 0.2) is 0 Å². The molecule has 0 saturated heterocycles. The van der Waals surface area contributed by atoms with Crippen LogP contribution in [0.3, 0.4) is 0 Å². The Bertz CT molecular complexity index is 165. The Balaban J connectivity index is -0.0000000152. The van der Waals surface area contributed by atoms with Gasteiger partial charge in [0.1, 0.15) is 0 Å². The molecule has 0 fully saturated rings. The largest absolute Gasteiger partial charge is 6.00 e. The Morgan fingerprint density at radius 1 is 0.938 bits per heavy atom. The molecule has 0 saturated carbocycles. The molecule has 17 N–H and O–H groups in total. The van der Waals surface area contributed by atoms with E-state index in [0.717, 1.165) is 0 Å². The molecule has 0 aliphatic heterocycles. The molecule has 16 heteroatoms. The first kappa shape index (κ1) is 54.7. The first-order chi connectivity index (χ1) is 3.71. The summed E-state index contributed by atoms with van der Waals surface area (Å²) in [6, 6.07) is 0. The molecule has 0 aliphatic rings. The van der Waals surface area contributed by atoms with E-state index in [4.69, 9.17) is 4.89 Å². The van der Waals surface area contributed by atoms with Crippen molar-refractivity contribution in [1.29, 1.82) is 0 Å². The summed E-state index contributed by atoms with van der Waals surface area (Å²) in [5.74, 6) is 0. The summed E-state index contributed by atoms with van der Waals surface area (Å²) in [4.78, 5) is 35.7. The van der Waals surface area contributed by atoms with Gasteiger partial charge >= 0.3 is 17.4 Å². The fraction of sp³-hybridized carbons (Fsp3) is 0. The number of hydrogen-bond acceptors (Lipinski definition) is 9. The molecule has 0 spiro atoms. The average molecular weight is 333 g/mol. The minimum atomic E-state index is -5.61. The van der Waals surface area contributed by atoms with Crippen LogP contribution in [0.25, 0.3) is 0 Å². The van der Waals surface area contributed by atoms with Crippen molar-refractivity contribution in [3.8, 4) is 0 Å². The predicted octanol–water partition coefficient (Wildman–Crippen LogP) is -4.80. The van der Waals surface area contributed by atoms with Gasteiger partial charge in [0.2, 0.25) is 0 Å². The van der Waals surface area contributed by atoms with Crippen LogP contribution >= 0.6 is 15.6 Å². The minimum absolute atomic E-state index is 0. The van der Waals surface area contributed by atoms with Crippen LogP contribution in [-0.2, 0) is 36.3 Å². The van der Waals surface area contributed by atoms with Crippen molar-refractivity contribution < 1.29 is 66.8 Å². The van der Waals surface area contributed by atoms with Crippen molar-refractivity contribution in [1.82, 2.24) is 18.5 Å². The molecule has 13 nitrogen and oxygen atoms in total. The summed E-state index contributed by atoms with van der Waals surface area (Å²) in [6.07, 6.45) is 0. The van der Waals surface area contributed by atoms with Crippen molar-refractivity contribution in [3.63, 3.8) is 0 Å². The van der Waals surface area contributed by atoms with Crippen molar-refractivity contribution in [2.45, 2.75) is 0 Å². The van der Waals surface area contributed by atoms with E-state index in [1.807, 2.05) is 0 Å². The van der Waals surface area contributed by atoms with Crippen molar-refractivity contribution in [2.75, 3.05) is 0 Å². The fourth-order valence-corrected chi connectivity index (χ4v) is 1.14. The van der Waals surface area contributed by atoms with Gasteiger partial charge in [-0.15, -0.1) is 0 Å². The van der Waals surface area contributed by atoms with Crippen LogP contribution in [0.2, 0.25) is 0 Å². The van der Waals surface area contributed by atoms with E-state index >= 15 is 0 Å². The third kappa shape index (κ3) is 62.3. The smallest absolute Gasteiger partial charge is 0.790 e. The normalized spacial score (nSPS) is 10.8. The Labute approximate surface area is 101 Å². The van der Waals surface area contributed by atoms with Gasteiger partial charge in [0.05, 0.1) is 7.82 Å². The second kappa shape index (κ2) is 17.9. The first-order valence-corrected chi connectivity index (χ1v) is 4.43. The molecule has 16 heavy (non-hydrogen) atoms. The molecular weight excluding hydrogens is 316 g/mol. The van der Waals surface area contributed by atoms with Gasteiger partial charge in [-0.05, 0) is 0 Å². The summed E-state index contributed by atoms with van der Waals surface area (Å²) in [5.41, 5.74) is 0. The zero-order chi connectivity index (χ0) is 7.71. The molecular formula is H17CrN3O10P2+4. The van der Waals surface area contributed by atoms with Gasteiger partial charge in [0.25, 0.3) is 7.82 Å². The number of rotatable bonds is 2. The first-order valence-electron chi connectivity index (χ1n) is 1.48. The Morgan fingerprint density at radius 3 is 1.12 bits per heavy atom. The maximum Gasteiger partial charge on any atom is 6.00 e. The fourth-order valence-electron chi connectivity index (χ4n) is 0.126. The number of phosphoric acid groups is 2. The molecule has 0 aromatic heterocycles. The van der Waals surface area contributed by atoms with E-state index in [9.17, 15) is 23.8 Å². The second-order valence-corrected chi connectivity index (χ2v) is 3.48. The number of hydrogen-bond donors (Lipinski definition) is 4. The summed E-state index contributed by atoms with van der Waals surface area (Å²) in [6.45, 7) is 0. The zero-order valence-corrected chi connectivity index (χ0v) is 11.0. The molecule has 1 unspecified atom stereocenters. The average Bonchev–Trinajstić information content (AvgIpc) is 1.14.